The molecule has 0 unspecified atom stereocenters. The molecule has 0 spiro atoms. The minimum Gasteiger partial charge on any atom is -0.345 e. The first-order chi connectivity index (χ1) is 23.9. The fraction of sp³-hybridized carbons (Fsp3) is 0.583. The van der Waals surface area contributed by atoms with Crippen LogP contribution in [0.1, 0.15) is 93.8 Å². The Bertz CT molecular complexity index is 1580. The lowest BCUT2D eigenvalue weighted by molar-refractivity contribution is -0.145. The molecule has 4 N–H and O–H groups in total. The van der Waals surface area contributed by atoms with Crippen molar-refractivity contribution in [3.05, 3.63) is 52.0 Å². The molecule has 3 aliphatic heterocycles. The van der Waals surface area contributed by atoms with Gasteiger partial charge >= 0.3 is 0 Å². The average Bonchev–Trinajstić information content (AvgIpc) is 3.89. The SMILES string of the molecule is CC[C@H](C)[C@@H]1NC(=O)[C@@H]2CCCN2C(=O)[C@H](Cc2ccccc2)NC(=O)[C@H](C)NC(=O)c2csc(n2)[C@H](C(C)C)NC(=O)[C@@H]2CCCN2C1=O. The van der Waals surface area contributed by atoms with Crippen LogP contribution in [0.15, 0.2) is 35.7 Å². The van der Waals surface area contributed by atoms with E-state index in [0.29, 0.717) is 50.2 Å². The Morgan fingerprint density at radius 3 is 2.00 bits per heavy atom. The van der Waals surface area contributed by atoms with Crippen LogP contribution in [-0.4, -0.2) is 93.5 Å². The summed E-state index contributed by atoms with van der Waals surface area (Å²) >= 11 is 1.23. The Kier molecular flexibility index (Phi) is 11.9. The van der Waals surface area contributed by atoms with Crippen molar-refractivity contribution >= 4 is 46.8 Å². The zero-order valence-electron chi connectivity index (χ0n) is 29.4. The molecule has 2 fully saturated rings. The highest BCUT2D eigenvalue weighted by atomic mass is 32.1. The molecule has 6 amide bonds. The number of carbonyl (C=O) groups excluding carboxylic acids is 6. The second-order valence-electron chi connectivity index (χ2n) is 14.0. The van der Waals surface area contributed by atoms with Gasteiger partial charge in [-0.15, -0.1) is 11.3 Å². The van der Waals surface area contributed by atoms with Gasteiger partial charge in [0.15, 0.2) is 0 Å². The third-order valence-corrected chi connectivity index (χ3v) is 11.0. The second-order valence-corrected chi connectivity index (χ2v) is 14.9. The fourth-order valence-corrected chi connectivity index (χ4v) is 7.92. The van der Waals surface area contributed by atoms with Crippen molar-refractivity contribution < 1.29 is 28.8 Å². The lowest BCUT2D eigenvalue weighted by Gasteiger charge is -2.34. The molecule has 0 aliphatic carbocycles. The van der Waals surface area contributed by atoms with Crippen LogP contribution in [-0.2, 0) is 30.4 Å². The van der Waals surface area contributed by atoms with Crippen molar-refractivity contribution in [1.29, 1.82) is 0 Å². The summed E-state index contributed by atoms with van der Waals surface area (Å²) in [6, 6.07) is 4.24. The number of benzene rings is 1. The van der Waals surface area contributed by atoms with E-state index in [1.54, 1.807) is 10.3 Å². The molecule has 4 heterocycles. The number of thiazole rings is 1. The normalized spacial score (nSPS) is 27.9. The van der Waals surface area contributed by atoms with Crippen molar-refractivity contribution in [3.8, 4) is 0 Å². The number of hydrogen-bond acceptors (Lipinski definition) is 8. The van der Waals surface area contributed by atoms with Gasteiger partial charge in [0.25, 0.3) is 5.91 Å². The van der Waals surface area contributed by atoms with Gasteiger partial charge in [-0.1, -0.05) is 64.4 Å². The first kappa shape index (κ1) is 36.9. The Balaban J connectivity index is 1.51. The molecular formula is C36H49N7O6S. The molecule has 5 rings (SSSR count). The van der Waals surface area contributed by atoms with Crippen molar-refractivity contribution in [3.63, 3.8) is 0 Å². The highest BCUT2D eigenvalue weighted by Gasteiger charge is 2.43. The Hall–Kier alpha value is -4.33. The van der Waals surface area contributed by atoms with E-state index in [9.17, 15) is 28.8 Å². The lowest BCUT2D eigenvalue weighted by atomic mass is 9.96. The quantitative estimate of drug-likeness (QED) is 0.370. The minimum absolute atomic E-state index is 0.0848. The largest absolute Gasteiger partial charge is 0.345 e. The van der Waals surface area contributed by atoms with Gasteiger partial charge in [0.1, 0.15) is 40.9 Å². The molecule has 13 nitrogen and oxygen atoms in total. The summed E-state index contributed by atoms with van der Waals surface area (Å²) in [7, 11) is 0. The van der Waals surface area contributed by atoms with Crippen LogP contribution in [0.4, 0.5) is 0 Å². The van der Waals surface area contributed by atoms with E-state index < -0.39 is 59.9 Å². The molecule has 1 aromatic carbocycles. The summed E-state index contributed by atoms with van der Waals surface area (Å²) in [6.07, 6.45) is 2.86. The topological polar surface area (TPSA) is 170 Å². The van der Waals surface area contributed by atoms with Crippen LogP contribution in [0.2, 0.25) is 0 Å². The summed E-state index contributed by atoms with van der Waals surface area (Å²) in [5.41, 5.74) is 0.917. The Labute approximate surface area is 297 Å². The van der Waals surface area contributed by atoms with E-state index >= 15 is 0 Å². The molecule has 1 aromatic heterocycles. The van der Waals surface area contributed by atoms with E-state index in [1.807, 2.05) is 58.0 Å². The number of rotatable bonds is 5. The lowest BCUT2D eigenvalue weighted by Crippen LogP contribution is -2.60. The van der Waals surface area contributed by atoms with Crippen molar-refractivity contribution in [2.75, 3.05) is 13.1 Å². The number of hydrogen-bond donors (Lipinski definition) is 4. The first-order valence-electron chi connectivity index (χ1n) is 17.7. The van der Waals surface area contributed by atoms with Gasteiger partial charge in [0.2, 0.25) is 29.5 Å². The zero-order chi connectivity index (χ0) is 36.1. The van der Waals surface area contributed by atoms with Gasteiger partial charge in [-0.05, 0) is 50.0 Å². The Morgan fingerprint density at radius 2 is 1.40 bits per heavy atom. The molecule has 270 valence electrons. The van der Waals surface area contributed by atoms with Crippen LogP contribution in [0.25, 0.3) is 0 Å². The molecule has 14 heteroatoms. The molecule has 0 radical (unpaired) electrons. The van der Waals surface area contributed by atoms with Crippen LogP contribution in [0, 0.1) is 11.8 Å². The van der Waals surface area contributed by atoms with Gasteiger partial charge in [0.05, 0.1) is 6.04 Å². The summed E-state index contributed by atoms with van der Waals surface area (Å²) in [5.74, 6) is -2.97. The van der Waals surface area contributed by atoms with E-state index in [2.05, 4.69) is 26.3 Å². The van der Waals surface area contributed by atoms with Gasteiger partial charge in [0, 0.05) is 24.9 Å². The highest BCUT2D eigenvalue weighted by molar-refractivity contribution is 7.09. The predicted octanol–water partition coefficient (Wildman–Crippen LogP) is 2.33. The van der Waals surface area contributed by atoms with E-state index in [-0.39, 0.29) is 35.8 Å². The molecule has 50 heavy (non-hydrogen) atoms. The summed E-state index contributed by atoms with van der Waals surface area (Å²) in [4.78, 5) is 90.6. The molecule has 2 bridgehead atoms. The summed E-state index contributed by atoms with van der Waals surface area (Å²) < 4.78 is 0. The first-order valence-corrected chi connectivity index (χ1v) is 18.6. The third-order valence-electron chi connectivity index (χ3n) is 10.1. The predicted molar refractivity (Wildman–Crippen MR) is 188 cm³/mol. The number of nitrogens with zero attached hydrogens (tertiary/aromatic N) is 3. The standard InChI is InChI=1S/C36H49N7O6S/c1-6-21(4)29-36(49)43-17-11-15-27(43)32(46)40-28(20(2)3)34-39-25(19-50-34)31(45)37-22(5)30(44)38-24(18-23-12-8-7-9-13-23)35(48)42-16-10-14-26(42)33(47)41-29/h7-9,12-13,19-22,24,26-29H,6,10-11,14-18H2,1-5H3,(H,37,45)(H,38,44)(H,40,46)(H,41,47)/t21-,22-,24-,26-,27-,28-,29-/m0/s1. The minimum atomic E-state index is -1.01. The number of carbonyl (C=O) groups is 6. The van der Waals surface area contributed by atoms with Gasteiger partial charge < -0.3 is 31.1 Å². The zero-order valence-corrected chi connectivity index (χ0v) is 30.3. The molecule has 2 saturated heterocycles. The van der Waals surface area contributed by atoms with Gasteiger partial charge in [-0.3, -0.25) is 28.8 Å². The molecule has 2 aromatic rings. The van der Waals surface area contributed by atoms with Crippen LogP contribution < -0.4 is 21.3 Å². The van der Waals surface area contributed by atoms with Crippen LogP contribution >= 0.6 is 11.3 Å². The smallest absolute Gasteiger partial charge is 0.271 e. The number of fused-ring (bicyclic) bond motifs is 4. The van der Waals surface area contributed by atoms with E-state index in [1.165, 1.54) is 23.2 Å². The van der Waals surface area contributed by atoms with Crippen molar-refractivity contribution in [1.82, 2.24) is 36.1 Å². The third kappa shape index (κ3) is 8.17. The molecule has 3 aliphatic rings. The maximum atomic E-state index is 14.2. The molecule has 7 atom stereocenters. The highest BCUT2D eigenvalue weighted by Crippen LogP contribution is 2.28. The van der Waals surface area contributed by atoms with Gasteiger partial charge in [-0.2, -0.15) is 0 Å². The van der Waals surface area contributed by atoms with E-state index in [4.69, 9.17) is 0 Å². The maximum absolute atomic E-state index is 14.2. The maximum Gasteiger partial charge on any atom is 0.271 e. The van der Waals surface area contributed by atoms with Crippen molar-refractivity contribution in [2.24, 2.45) is 11.8 Å². The van der Waals surface area contributed by atoms with E-state index in [0.717, 1.165) is 5.56 Å². The average molecular weight is 708 g/mol. The van der Waals surface area contributed by atoms with Crippen LogP contribution in [0.3, 0.4) is 0 Å². The monoisotopic (exact) mass is 707 g/mol. The molecule has 0 saturated carbocycles. The number of aromatic nitrogens is 1. The Morgan fingerprint density at radius 1 is 0.800 bits per heavy atom. The van der Waals surface area contributed by atoms with Crippen LogP contribution in [0.5, 0.6) is 0 Å². The summed E-state index contributed by atoms with van der Waals surface area (Å²) in [5, 5.41) is 13.7. The fourth-order valence-electron chi connectivity index (χ4n) is 6.90. The number of amides is 6. The summed E-state index contributed by atoms with van der Waals surface area (Å²) in [6.45, 7) is 9.92. The molecular weight excluding hydrogens is 659 g/mol. The number of nitrogens with one attached hydrogen (secondary N) is 4. The van der Waals surface area contributed by atoms with Crippen molar-refractivity contribution in [2.45, 2.75) is 109 Å². The second kappa shape index (κ2) is 16.1. The van der Waals surface area contributed by atoms with Gasteiger partial charge in [-0.25, -0.2) is 4.98 Å².